The van der Waals surface area contributed by atoms with Gasteiger partial charge >= 0.3 is 5.97 Å². The molecule has 0 aliphatic heterocycles. The highest BCUT2D eigenvalue weighted by molar-refractivity contribution is 7.99. The van der Waals surface area contributed by atoms with E-state index in [2.05, 4.69) is 30.9 Å². The second kappa shape index (κ2) is 11.4. The van der Waals surface area contributed by atoms with E-state index in [-0.39, 0.29) is 11.9 Å². The Labute approximate surface area is 176 Å². The van der Waals surface area contributed by atoms with E-state index in [9.17, 15) is 4.79 Å². The van der Waals surface area contributed by atoms with E-state index < -0.39 is 0 Å². The Balaban J connectivity index is 1.95. The summed E-state index contributed by atoms with van der Waals surface area (Å²) in [6.45, 7) is 11.1. The third-order valence-corrected chi connectivity index (χ3v) is 5.47. The average molecular weight is 424 g/mol. The van der Waals surface area contributed by atoms with E-state index in [1.807, 2.05) is 26.0 Å². The number of esters is 1. The fourth-order valence-corrected chi connectivity index (χ4v) is 3.92. The number of benzene rings is 1. The molecular weight excluding hydrogens is 394 g/mol. The van der Waals surface area contributed by atoms with Gasteiger partial charge in [-0.25, -0.2) is 0 Å². The van der Waals surface area contributed by atoms with Gasteiger partial charge < -0.3 is 18.8 Å². The normalized spacial score (nSPS) is 11.2. The minimum atomic E-state index is -0.195. The van der Waals surface area contributed by atoms with E-state index in [4.69, 9.17) is 26.1 Å². The van der Waals surface area contributed by atoms with Crippen molar-refractivity contribution in [3.05, 3.63) is 29.0 Å². The monoisotopic (exact) mass is 423 g/mol. The van der Waals surface area contributed by atoms with E-state index in [0.717, 1.165) is 34.7 Å². The molecule has 7 heteroatoms. The molecule has 1 aromatic heterocycles. The third-order valence-electron chi connectivity index (χ3n) is 4.25. The number of rotatable bonds is 11. The summed E-state index contributed by atoms with van der Waals surface area (Å²) in [6, 6.07) is 8.12. The average Bonchev–Trinajstić information content (AvgIpc) is 2.67. The van der Waals surface area contributed by atoms with Crippen molar-refractivity contribution in [2.45, 2.75) is 32.6 Å². The summed E-state index contributed by atoms with van der Waals surface area (Å²) in [5.41, 5.74) is 1.97. The van der Waals surface area contributed by atoms with Crippen LogP contribution in [0, 0.1) is 10.6 Å². The number of hydrogen-bond donors (Lipinski definition) is 0. The predicted octanol–water partition coefficient (Wildman–Crippen LogP) is 5.32. The molecule has 154 valence electrons. The molecule has 0 radical (unpaired) electrons. The van der Waals surface area contributed by atoms with Gasteiger partial charge in [0.05, 0.1) is 19.1 Å². The Morgan fingerprint density at radius 1 is 1.18 bits per heavy atom. The van der Waals surface area contributed by atoms with Crippen LogP contribution in [0.1, 0.15) is 27.7 Å². The smallest absolute Gasteiger partial charge is 0.308 e. The molecule has 1 aromatic carbocycles. The first kappa shape index (κ1) is 22.7. The Kier molecular flexibility index (Phi) is 9.28. The summed E-state index contributed by atoms with van der Waals surface area (Å²) in [7, 11) is 0. The molecule has 1 heterocycles. The van der Waals surface area contributed by atoms with Gasteiger partial charge in [-0.1, -0.05) is 13.8 Å². The topological polar surface area (TPSA) is 51.9 Å². The molecule has 2 rings (SSSR count). The first-order valence-corrected chi connectivity index (χ1v) is 11.1. The maximum atomic E-state index is 11.4. The zero-order chi connectivity index (χ0) is 20.5. The lowest BCUT2D eigenvalue weighted by Crippen LogP contribution is -2.21. The van der Waals surface area contributed by atoms with Crippen LogP contribution in [-0.2, 0) is 14.3 Å². The summed E-state index contributed by atoms with van der Waals surface area (Å²) in [5, 5.41) is 1.06. The lowest BCUT2D eigenvalue weighted by Gasteiger charge is -2.21. The minimum absolute atomic E-state index is 0.110. The Morgan fingerprint density at radius 2 is 1.93 bits per heavy atom. The number of fused-ring (bicyclic) bond motifs is 1. The largest absolute Gasteiger partial charge is 0.463 e. The van der Waals surface area contributed by atoms with Crippen molar-refractivity contribution < 1.29 is 18.7 Å². The van der Waals surface area contributed by atoms with Crippen LogP contribution in [0.2, 0.25) is 0 Å². The Morgan fingerprint density at radius 3 is 2.61 bits per heavy atom. The highest BCUT2D eigenvalue weighted by atomic mass is 32.2. The van der Waals surface area contributed by atoms with Crippen molar-refractivity contribution in [3.8, 4) is 0 Å². The molecule has 0 bridgehead atoms. The van der Waals surface area contributed by atoms with Crippen molar-refractivity contribution in [3.63, 3.8) is 0 Å². The van der Waals surface area contributed by atoms with Gasteiger partial charge in [0, 0.05) is 40.9 Å². The molecule has 0 fully saturated rings. The lowest BCUT2D eigenvalue weighted by atomic mass is 10.2. The number of carbonyl (C=O) groups excluding carboxylic acids is 1. The number of carbonyl (C=O) groups is 1. The summed E-state index contributed by atoms with van der Waals surface area (Å²) in [6.07, 6.45) is 0. The van der Waals surface area contributed by atoms with Crippen molar-refractivity contribution in [1.82, 2.24) is 0 Å². The van der Waals surface area contributed by atoms with E-state index in [0.29, 0.717) is 24.5 Å². The zero-order valence-electron chi connectivity index (χ0n) is 17.0. The van der Waals surface area contributed by atoms with Gasteiger partial charge in [-0.15, -0.1) is 11.8 Å². The van der Waals surface area contributed by atoms with Crippen molar-refractivity contribution in [1.29, 1.82) is 0 Å². The highest BCUT2D eigenvalue weighted by Gasteiger charge is 2.10. The van der Waals surface area contributed by atoms with Crippen LogP contribution in [-0.4, -0.2) is 44.6 Å². The van der Waals surface area contributed by atoms with Crippen LogP contribution in [0.25, 0.3) is 11.0 Å². The zero-order valence-corrected chi connectivity index (χ0v) is 18.7. The summed E-state index contributed by atoms with van der Waals surface area (Å²) in [5.74, 6) is 0.474. The molecule has 0 saturated heterocycles. The van der Waals surface area contributed by atoms with Gasteiger partial charge in [0.2, 0.25) is 0 Å². The van der Waals surface area contributed by atoms with Gasteiger partial charge in [0.25, 0.3) is 0 Å². The molecule has 0 atom stereocenters. The highest BCUT2D eigenvalue weighted by Crippen LogP contribution is 2.31. The lowest BCUT2D eigenvalue weighted by molar-refractivity contribution is -0.148. The van der Waals surface area contributed by atoms with Gasteiger partial charge in [0.1, 0.15) is 12.2 Å². The maximum Gasteiger partial charge on any atom is 0.308 e. The first-order valence-electron chi connectivity index (χ1n) is 9.66. The molecule has 0 aliphatic rings. The van der Waals surface area contributed by atoms with Crippen LogP contribution >= 0.6 is 24.0 Å². The molecule has 0 saturated carbocycles. The van der Waals surface area contributed by atoms with Crippen molar-refractivity contribution >= 4 is 46.6 Å². The van der Waals surface area contributed by atoms with Gasteiger partial charge in [0.15, 0.2) is 4.71 Å². The molecule has 0 unspecified atom stereocenters. The first-order chi connectivity index (χ1) is 13.5. The van der Waals surface area contributed by atoms with E-state index in [1.165, 1.54) is 5.69 Å². The second-order valence-electron chi connectivity index (χ2n) is 6.57. The molecule has 0 N–H and O–H groups in total. The molecule has 28 heavy (non-hydrogen) atoms. The number of ether oxygens (including phenoxy) is 2. The van der Waals surface area contributed by atoms with Gasteiger partial charge in [-0.2, -0.15) is 0 Å². The number of hydrogen-bond acceptors (Lipinski definition) is 7. The SMILES string of the molecule is CCN(CC)c1ccc2oc(=S)cc(SCCOCCOC(=O)C(C)C)c2c1. The summed E-state index contributed by atoms with van der Waals surface area (Å²) < 4.78 is 16.9. The van der Waals surface area contributed by atoms with Crippen LogP contribution < -0.4 is 4.90 Å². The fourth-order valence-electron chi connectivity index (χ4n) is 2.71. The van der Waals surface area contributed by atoms with Gasteiger partial charge in [-0.3, -0.25) is 4.79 Å². The molecular formula is C21H29NO4S2. The summed E-state index contributed by atoms with van der Waals surface area (Å²) >= 11 is 6.96. The summed E-state index contributed by atoms with van der Waals surface area (Å²) in [4.78, 5) is 14.8. The number of nitrogens with zero attached hydrogens (tertiary/aromatic N) is 1. The van der Waals surface area contributed by atoms with Crippen LogP contribution in [0.5, 0.6) is 0 Å². The van der Waals surface area contributed by atoms with Crippen LogP contribution in [0.3, 0.4) is 0 Å². The fraction of sp³-hybridized carbons (Fsp3) is 0.524. The van der Waals surface area contributed by atoms with Crippen LogP contribution in [0.4, 0.5) is 5.69 Å². The van der Waals surface area contributed by atoms with E-state index in [1.54, 1.807) is 11.8 Å². The molecule has 5 nitrogen and oxygen atoms in total. The molecule has 0 spiro atoms. The minimum Gasteiger partial charge on any atom is -0.463 e. The third kappa shape index (κ3) is 6.50. The van der Waals surface area contributed by atoms with Crippen LogP contribution in [0.15, 0.2) is 33.6 Å². The second-order valence-corrected chi connectivity index (χ2v) is 8.10. The molecule has 0 aliphatic carbocycles. The molecule has 0 amide bonds. The van der Waals surface area contributed by atoms with E-state index >= 15 is 0 Å². The Bertz CT molecular complexity index is 831. The Hall–Kier alpha value is -1.57. The van der Waals surface area contributed by atoms with Crippen molar-refractivity contribution in [2.24, 2.45) is 5.92 Å². The van der Waals surface area contributed by atoms with Gasteiger partial charge in [-0.05, 0) is 44.3 Å². The number of anilines is 1. The maximum absolute atomic E-state index is 11.4. The quantitative estimate of drug-likeness (QED) is 0.210. The van der Waals surface area contributed by atoms with Crippen molar-refractivity contribution in [2.75, 3.05) is 43.6 Å². The molecule has 2 aromatic rings. The number of thioether (sulfide) groups is 1. The standard InChI is InChI=1S/C21H29NO4S2/c1-5-22(6-2)16-7-8-18-17(13-16)19(14-20(27)26-18)28-12-11-24-9-10-25-21(23)15(3)4/h7-8,13-15H,5-6,9-12H2,1-4H3. The predicted molar refractivity (Wildman–Crippen MR) is 118 cm³/mol.